The molecular weight excluding hydrogens is 908 g/mol. The average molecular weight is 916 g/mol. The molecule has 0 amide bonds. The Kier molecular flexibility index (Phi) is 12.3. The van der Waals surface area contributed by atoms with E-state index in [4.69, 9.17) is 0 Å². The Morgan fingerprint density at radius 2 is 0.640 bits per heavy atom. The second-order valence-electron chi connectivity index (χ2n) is 9.02. The van der Waals surface area contributed by atoms with Gasteiger partial charge in [0.25, 0.3) is 0 Å². The van der Waals surface area contributed by atoms with Gasteiger partial charge in [-0.25, -0.2) is 8.42 Å². The summed E-state index contributed by atoms with van der Waals surface area (Å²) in [7, 11) is -8.14. The summed E-state index contributed by atoms with van der Waals surface area (Å²) in [6.45, 7) is 0. The van der Waals surface area contributed by atoms with E-state index < -0.39 is 102 Å². The van der Waals surface area contributed by atoms with Gasteiger partial charge in [0.1, 0.15) is 0 Å². The highest BCUT2D eigenvalue weighted by Crippen LogP contribution is 2.64. The summed E-state index contributed by atoms with van der Waals surface area (Å²) in [5, 5.41) is -7.95. The second kappa shape index (κ2) is 13.5. The molecule has 0 N–H and O–H groups in total. The highest BCUT2D eigenvalue weighted by atomic mass is 127. The molecule has 2 aromatic carbocycles. The lowest BCUT2D eigenvalue weighted by atomic mass is 9.91. The van der Waals surface area contributed by atoms with E-state index >= 15 is 0 Å². The summed E-state index contributed by atoms with van der Waals surface area (Å²) in [6.07, 6.45) is -16.7. The van der Waals surface area contributed by atoms with Gasteiger partial charge in [-0.3, -0.25) is 0 Å². The zero-order valence-electron chi connectivity index (χ0n) is 22.3. The van der Waals surface area contributed by atoms with Crippen LogP contribution in [0.25, 0.3) is 0 Å². The molecule has 288 valence electrons. The Morgan fingerprint density at radius 1 is 0.400 bits per heavy atom. The summed E-state index contributed by atoms with van der Waals surface area (Å²) >= 11 is -0.805. The van der Waals surface area contributed by atoms with Gasteiger partial charge in [-0.05, 0) is 48.5 Å². The summed E-state index contributed by atoms with van der Waals surface area (Å²) in [5.74, 6) is -52.1. The summed E-state index contributed by atoms with van der Waals surface area (Å²) in [5.41, 5.74) is -1.47. The lowest BCUT2D eigenvalue weighted by Gasteiger charge is -2.42. The number of hydrogen-bond donors (Lipinski definition) is 0. The van der Waals surface area contributed by atoms with Gasteiger partial charge in [0.15, 0.2) is 17.3 Å². The third-order valence-electron chi connectivity index (χ3n) is 5.57. The Morgan fingerprint density at radius 3 is 0.860 bits per heavy atom. The predicted octanol–water partition coefficient (Wildman–Crippen LogP) is 6.35. The molecule has 0 heterocycles. The second-order valence-corrected chi connectivity index (χ2v) is 13.5. The van der Waals surface area contributed by atoms with Crippen molar-refractivity contribution in [3.8, 4) is 0 Å². The van der Waals surface area contributed by atoms with Crippen LogP contribution in [0.1, 0.15) is 11.1 Å². The monoisotopic (exact) mass is 916 g/mol. The Hall–Kier alpha value is -2.53. The number of benzene rings is 2. The Bertz CT molecular complexity index is 1520. The maximum atomic E-state index is 13.0. The van der Waals surface area contributed by atoms with Crippen LogP contribution in [0.2, 0.25) is 0 Å². The van der Waals surface area contributed by atoms with Crippen LogP contribution in [0.3, 0.4) is 0 Å². The van der Waals surface area contributed by atoms with Crippen LogP contribution in [0.15, 0.2) is 48.5 Å². The molecule has 0 radical (unpaired) electrons. The maximum absolute atomic E-state index is 13.0. The normalized spacial score (nSPS) is 15.0. The fraction of sp³-hybridized carbons (Fsp3) is 0.455. The first-order chi connectivity index (χ1) is 21.7. The van der Waals surface area contributed by atoms with Crippen molar-refractivity contribution >= 4 is 10.1 Å². The zero-order valence-corrected chi connectivity index (χ0v) is 25.3. The predicted molar refractivity (Wildman–Crippen MR) is 111 cm³/mol. The molecule has 0 saturated carbocycles. The van der Waals surface area contributed by atoms with Crippen molar-refractivity contribution in [1.29, 1.82) is 0 Å². The third kappa shape index (κ3) is 8.08. The minimum atomic E-state index is -8.92. The van der Waals surface area contributed by atoms with E-state index in [2.05, 4.69) is 0 Å². The summed E-state index contributed by atoms with van der Waals surface area (Å²) in [4.78, 5) is 0. The minimum Gasteiger partial charge on any atom is -0.743 e. The first-order valence-corrected chi connectivity index (χ1v) is 14.9. The van der Waals surface area contributed by atoms with Crippen molar-refractivity contribution in [2.45, 2.75) is 59.3 Å². The van der Waals surface area contributed by atoms with Crippen LogP contribution in [-0.2, 0) is 22.5 Å². The molecule has 28 heteroatoms. The Balaban J connectivity index is 0.000000523. The van der Waals surface area contributed by atoms with Crippen LogP contribution in [0, 0.1) is 7.14 Å². The van der Waals surface area contributed by atoms with Gasteiger partial charge in [-0.2, -0.15) is 101 Å². The van der Waals surface area contributed by atoms with Crippen molar-refractivity contribution in [3.05, 3.63) is 66.8 Å². The van der Waals surface area contributed by atoms with Crippen LogP contribution in [0.5, 0.6) is 0 Å². The number of hydrogen-bond acceptors (Lipinski definition) is 3. The van der Waals surface area contributed by atoms with Gasteiger partial charge in [0, 0.05) is 0 Å². The van der Waals surface area contributed by atoms with Crippen LogP contribution >= 0.6 is 0 Å². The summed E-state index contributed by atoms with van der Waals surface area (Å²) < 4.78 is 320. The lowest BCUT2D eigenvalue weighted by Crippen LogP contribution is -3.61. The van der Waals surface area contributed by atoms with Crippen molar-refractivity contribution in [3.63, 3.8) is 0 Å². The molecule has 0 fully saturated rings. The van der Waals surface area contributed by atoms with E-state index in [0.717, 1.165) is 24.3 Å². The van der Waals surface area contributed by atoms with Crippen molar-refractivity contribution in [2.75, 3.05) is 0 Å². The molecular formula is C22H8F23IO3S. The Labute approximate surface area is 271 Å². The zero-order chi connectivity index (χ0) is 40.2. The minimum absolute atomic E-state index is 0.710. The highest BCUT2D eigenvalue weighted by molar-refractivity contribution is 7.86. The number of rotatable bonds is 9. The molecule has 0 aliphatic carbocycles. The topological polar surface area (TPSA) is 57.2 Å². The largest absolute Gasteiger partial charge is 0.743 e. The SMILES string of the molecule is FC(F)(F)c1ccc([I+]c2ccc(C(F)(F)F)cc2)cc1.O=S(=O)([O-])C(F)(F)C(F)(F)C(F)(F)C(F)(F)C(F)(F)C(F)(F)C(F)(F)C(F)(F)F. The number of halogens is 24. The first kappa shape index (κ1) is 45.5. The van der Waals surface area contributed by atoms with E-state index in [-0.39, 0.29) is 0 Å². The fourth-order valence-electron chi connectivity index (χ4n) is 2.84. The number of alkyl halides is 23. The van der Waals surface area contributed by atoms with Crippen molar-refractivity contribution in [2.24, 2.45) is 0 Å². The molecule has 0 spiro atoms. The van der Waals surface area contributed by atoms with E-state index in [0.29, 0.717) is 7.14 Å². The van der Waals surface area contributed by atoms with Crippen LogP contribution in [0.4, 0.5) is 101 Å². The van der Waals surface area contributed by atoms with Crippen molar-refractivity contribution in [1.82, 2.24) is 0 Å². The van der Waals surface area contributed by atoms with Gasteiger partial charge >= 0.3 is 80.5 Å². The van der Waals surface area contributed by atoms with Crippen LogP contribution < -0.4 is 21.2 Å². The van der Waals surface area contributed by atoms with Gasteiger partial charge < -0.3 is 4.55 Å². The van der Waals surface area contributed by atoms with E-state index in [1.807, 2.05) is 0 Å². The van der Waals surface area contributed by atoms with E-state index in [1.165, 1.54) is 24.3 Å². The smallest absolute Gasteiger partial charge is 0.460 e. The lowest BCUT2D eigenvalue weighted by molar-refractivity contribution is -0.597. The molecule has 0 aliphatic rings. The van der Waals surface area contributed by atoms with Crippen molar-refractivity contribution < 1.29 is 135 Å². The molecule has 50 heavy (non-hydrogen) atoms. The maximum Gasteiger partial charge on any atom is 0.460 e. The summed E-state index contributed by atoms with van der Waals surface area (Å²) in [6, 6.07) is 9.42. The molecule has 0 saturated heterocycles. The standard InChI is InChI=1S/C14H8F6I.C8HF17O3S/c15-13(16,17)9-1-5-11(6-2-9)21-12-7-3-10(4-8-12)14(18,19)20;9-1(10,3(13,14)5(17,18)7(21,22)23)2(11,12)4(15,16)6(19,20)8(24,25)29(26,27)28/h1-8H;(H,26,27,28)/q+1;/p-1. The third-order valence-corrected chi connectivity index (χ3v) is 9.14. The van der Waals surface area contributed by atoms with E-state index in [1.54, 1.807) is 0 Å². The van der Waals surface area contributed by atoms with Gasteiger partial charge in [0.2, 0.25) is 0 Å². The molecule has 0 bridgehead atoms. The average Bonchev–Trinajstić information content (AvgIpc) is 2.91. The molecule has 2 rings (SSSR count). The quantitative estimate of drug-likeness (QED) is 0.168. The molecule has 0 unspecified atom stereocenters. The molecule has 0 atom stereocenters. The van der Waals surface area contributed by atoms with Gasteiger partial charge in [-0.15, -0.1) is 0 Å². The first-order valence-electron chi connectivity index (χ1n) is 11.3. The fourth-order valence-corrected chi connectivity index (χ4v) is 5.44. The van der Waals surface area contributed by atoms with Gasteiger partial charge in [0.05, 0.1) is 11.1 Å². The van der Waals surface area contributed by atoms with E-state index in [9.17, 15) is 114 Å². The van der Waals surface area contributed by atoms with Gasteiger partial charge in [-0.1, -0.05) is 0 Å². The molecule has 2 aromatic rings. The van der Waals surface area contributed by atoms with Crippen LogP contribution in [-0.4, -0.2) is 59.9 Å². The highest BCUT2D eigenvalue weighted by Gasteiger charge is 2.95. The molecule has 3 nitrogen and oxygen atoms in total. The molecule has 0 aromatic heterocycles. The molecule has 0 aliphatic heterocycles.